The zero-order valence-corrected chi connectivity index (χ0v) is 18.7. The zero-order valence-electron chi connectivity index (χ0n) is 16.4. The van der Waals surface area contributed by atoms with E-state index < -0.39 is 11.7 Å². The first-order valence-electron chi connectivity index (χ1n) is 8.63. The van der Waals surface area contributed by atoms with E-state index in [1.165, 1.54) is 12.1 Å². The quantitative estimate of drug-likeness (QED) is 0.358. The molecule has 0 spiro atoms. The number of rotatable bonds is 5. The number of hydrogen-bond donors (Lipinski definition) is 2. The van der Waals surface area contributed by atoms with Crippen LogP contribution in [0.2, 0.25) is 0 Å². The molecule has 0 radical (unpaired) electrons. The van der Waals surface area contributed by atoms with E-state index in [9.17, 15) is 18.0 Å². The van der Waals surface area contributed by atoms with E-state index in [1.807, 2.05) is 11.0 Å². The Labute approximate surface area is 185 Å². The third kappa shape index (κ3) is 7.22. The molecule has 29 heavy (non-hydrogen) atoms. The molecule has 0 unspecified atom stereocenters. The van der Waals surface area contributed by atoms with Gasteiger partial charge in [0.15, 0.2) is 5.96 Å². The molecule has 5 nitrogen and oxygen atoms in total. The summed E-state index contributed by atoms with van der Waals surface area (Å²) < 4.78 is 38.0. The molecule has 0 aliphatic heterocycles. The minimum Gasteiger partial charge on any atom is -0.355 e. The first-order chi connectivity index (χ1) is 13.2. The van der Waals surface area contributed by atoms with Crippen molar-refractivity contribution in [1.82, 2.24) is 15.5 Å². The van der Waals surface area contributed by atoms with Gasteiger partial charge in [0.05, 0.1) is 5.56 Å². The number of aliphatic imine (C=N–C) groups is 1. The van der Waals surface area contributed by atoms with Crippen LogP contribution in [-0.2, 0) is 19.3 Å². The zero-order chi connectivity index (χ0) is 20.7. The van der Waals surface area contributed by atoms with Gasteiger partial charge in [-0.2, -0.15) is 13.2 Å². The van der Waals surface area contributed by atoms with Crippen molar-refractivity contribution in [2.45, 2.75) is 19.3 Å². The highest BCUT2D eigenvalue weighted by Gasteiger charge is 2.29. The maximum atomic E-state index is 12.7. The van der Waals surface area contributed by atoms with Crippen LogP contribution in [-0.4, -0.2) is 37.9 Å². The number of alkyl halides is 3. The Morgan fingerprint density at radius 2 is 1.76 bits per heavy atom. The molecule has 0 aromatic heterocycles. The molecule has 2 rings (SSSR count). The fraction of sp³-hybridized carbons (Fsp3) is 0.300. The largest absolute Gasteiger partial charge is 0.416 e. The molecule has 0 heterocycles. The van der Waals surface area contributed by atoms with Crippen molar-refractivity contribution in [3.63, 3.8) is 0 Å². The molecule has 158 valence electrons. The van der Waals surface area contributed by atoms with Crippen LogP contribution >= 0.6 is 24.0 Å². The lowest BCUT2D eigenvalue weighted by atomic mass is 10.1. The lowest BCUT2D eigenvalue weighted by Gasteiger charge is -2.22. The molecule has 2 aromatic rings. The van der Waals surface area contributed by atoms with Crippen LogP contribution in [0.25, 0.3) is 0 Å². The molecule has 0 saturated heterocycles. The molecule has 2 aromatic carbocycles. The number of carbonyl (C=O) groups excluding carboxylic acids is 1. The van der Waals surface area contributed by atoms with E-state index in [1.54, 1.807) is 39.3 Å². The molecule has 0 saturated carbocycles. The van der Waals surface area contributed by atoms with Gasteiger partial charge in [0.1, 0.15) is 0 Å². The molecule has 0 atom stereocenters. The van der Waals surface area contributed by atoms with Crippen LogP contribution in [0.1, 0.15) is 27.0 Å². The smallest absolute Gasteiger partial charge is 0.355 e. The number of hydrogen-bond acceptors (Lipinski definition) is 2. The second-order valence-corrected chi connectivity index (χ2v) is 6.23. The number of carbonyl (C=O) groups is 1. The highest BCUT2D eigenvalue weighted by molar-refractivity contribution is 14.0. The number of amides is 1. The maximum Gasteiger partial charge on any atom is 0.416 e. The second kappa shape index (κ2) is 11.0. The van der Waals surface area contributed by atoms with Gasteiger partial charge in [0.25, 0.3) is 5.91 Å². The Kier molecular flexibility index (Phi) is 9.41. The average molecular weight is 520 g/mol. The van der Waals surface area contributed by atoms with E-state index in [2.05, 4.69) is 15.6 Å². The van der Waals surface area contributed by atoms with Gasteiger partial charge in [-0.1, -0.05) is 24.3 Å². The van der Waals surface area contributed by atoms with Crippen molar-refractivity contribution in [2.75, 3.05) is 21.1 Å². The molecular weight excluding hydrogens is 496 g/mol. The van der Waals surface area contributed by atoms with Crippen LogP contribution < -0.4 is 10.6 Å². The van der Waals surface area contributed by atoms with Crippen molar-refractivity contribution >= 4 is 35.8 Å². The summed E-state index contributed by atoms with van der Waals surface area (Å²) in [6, 6.07) is 12.3. The van der Waals surface area contributed by atoms with Crippen molar-refractivity contribution in [3.05, 3.63) is 70.8 Å². The van der Waals surface area contributed by atoms with E-state index in [0.29, 0.717) is 24.6 Å². The molecule has 9 heteroatoms. The first kappa shape index (κ1) is 24.7. The topological polar surface area (TPSA) is 56.7 Å². The first-order valence-corrected chi connectivity index (χ1v) is 8.63. The predicted octanol–water partition coefficient (Wildman–Crippen LogP) is 3.89. The van der Waals surface area contributed by atoms with Gasteiger partial charge >= 0.3 is 6.18 Å². The van der Waals surface area contributed by atoms with Gasteiger partial charge in [0, 0.05) is 39.8 Å². The molecular formula is C20H24F3IN4O. The van der Waals surface area contributed by atoms with Gasteiger partial charge in [0.2, 0.25) is 0 Å². The number of nitrogens with one attached hydrogen (secondary N) is 2. The average Bonchev–Trinajstić information content (AvgIpc) is 2.67. The summed E-state index contributed by atoms with van der Waals surface area (Å²) in [5.41, 5.74) is 1.54. The van der Waals surface area contributed by atoms with E-state index in [4.69, 9.17) is 0 Å². The number of guanidine groups is 1. The normalized spacial score (nSPS) is 11.4. The minimum absolute atomic E-state index is 0. The number of nitrogens with zero attached hydrogens (tertiary/aromatic N) is 2. The maximum absolute atomic E-state index is 12.7. The summed E-state index contributed by atoms with van der Waals surface area (Å²) in [7, 11) is 5.01. The van der Waals surface area contributed by atoms with Gasteiger partial charge in [-0.25, -0.2) is 0 Å². The molecule has 2 N–H and O–H groups in total. The summed E-state index contributed by atoms with van der Waals surface area (Å²) >= 11 is 0. The van der Waals surface area contributed by atoms with Crippen molar-refractivity contribution in [3.8, 4) is 0 Å². The Morgan fingerprint density at radius 3 is 2.31 bits per heavy atom. The van der Waals surface area contributed by atoms with Gasteiger partial charge in [-0.3, -0.25) is 9.79 Å². The number of halogens is 4. The Morgan fingerprint density at radius 1 is 1.10 bits per heavy atom. The van der Waals surface area contributed by atoms with E-state index >= 15 is 0 Å². The van der Waals surface area contributed by atoms with Crippen LogP contribution in [0.15, 0.2) is 53.5 Å². The van der Waals surface area contributed by atoms with Gasteiger partial charge in [-0.15, -0.1) is 24.0 Å². The number of benzene rings is 2. The van der Waals surface area contributed by atoms with Crippen molar-refractivity contribution in [1.29, 1.82) is 0 Å². The lowest BCUT2D eigenvalue weighted by molar-refractivity contribution is -0.137. The molecule has 0 aliphatic rings. The second-order valence-electron chi connectivity index (χ2n) is 6.23. The van der Waals surface area contributed by atoms with Gasteiger partial charge < -0.3 is 15.5 Å². The summed E-state index contributed by atoms with van der Waals surface area (Å²) in [5.74, 6) is 0.427. The predicted molar refractivity (Wildman–Crippen MR) is 118 cm³/mol. The fourth-order valence-corrected chi connectivity index (χ4v) is 2.68. The third-order valence-corrected chi connectivity index (χ3v) is 4.14. The highest BCUT2D eigenvalue weighted by atomic mass is 127. The molecule has 0 fully saturated rings. The summed E-state index contributed by atoms with van der Waals surface area (Å²) in [6.45, 7) is 0.852. The van der Waals surface area contributed by atoms with Crippen molar-refractivity contribution < 1.29 is 18.0 Å². The van der Waals surface area contributed by atoms with Crippen LogP contribution in [0.5, 0.6) is 0 Å². The SMILES string of the molecule is CN=C(NCc1cccc(C(=O)NC)c1)N(C)Cc1ccc(C(F)(F)F)cc1.I. The summed E-state index contributed by atoms with van der Waals surface area (Å²) in [5, 5.41) is 5.77. The monoisotopic (exact) mass is 520 g/mol. The fourth-order valence-electron chi connectivity index (χ4n) is 2.68. The molecule has 0 bridgehead atoms. The highest BCUT2D eigenvalue weighted by Crippen LogP contribution is 2.29. The lowest BCUT2D eigenvalue weighted by Crippen LogP contribution is -2.38. The van der Waals surface area contributed by atoms with E-state index in [-0.39, 0.29) is 29.9 Å². The summed E-state index contributed by atoms with van der Waals surface area (Å²) in [4.78, 5) is 17.7. The molecule has 0 aliphatic carbocycles. The molecule has 1 amide bonds. The summed E-state index contributed by atoms with van der Waals surface area (Å²) in [6.07, 6.45) is -4.34. The van der Waals surface area contributed by atoms with E-state index in [0.717, 1.165) is 23.3 Å². The van der Waals surface area contributed by atoms with Crippen LogP contribution in [0, 0.1) is 0 Å². The van der Waals surface area contributed by atoms with Gasteiger partial charge in [-0.05, 0) is 35.4 Å². The van der Waals surface area contributed by atoms with Crippen molar-refractivity contribution in [2.24, 2.45) is 4.99 Å². The van der Waals surface area contributed by atoms with Crippen LogP contribution in [0.3, 0.4) is 0 Å². The Balaban J connectivity index is 0.00000420. The third-order valence-electron chi connectivity index (χ3n) is 4.14. The minimum atomic E-state index is -4.34. The van der Waals surface area contributed by atoms with Crippen LogP contribution in [0.4, 0.5) is 13.2 Å². The standard InChI is InChI=1S/C20H23F3N4O.HI/c1-24-18(28)16-6-4-5-15(11-16)12-26-19(25-2)27(3)13-14-7-9-17(10-8-14)20(21,22)23;/h4-11H,12-13H2,1-3H3,(H,24,28)(H,25,26);1H. The Bertz CT molecular complexity index is 838. The Hall–Kier alpha value is -2.30.